The minimum absolute atomic E-state index is 0.229. The van der Waals surface area contributed by atoms with Crippen LogP contribution >= 0.6 is 0 Å². The van der Waals surface area contributed by atoms with Gasteiger partial charge in [0.2, 0.25) is 5.91 Å². The maximum atomic E-state index is 11.7. The Hall–Kier alpha value is -3.13. The molecular weight excluding hydrogens is 812 g/mol. The molecule has 0 aliphatic rings. The number of carboxylic acids is 1. The molecule has 1 aromatic carbocycles. The van der Waals surface area contributed by atoms with Crippen molar-refractivity contribution in [1.82, 2.24) is 10.6 Å². The van der Waals surface area contributed by atoms with E-state index in [1.807, 2.05) is 30.3 Å². The number of carbonyl (C=O) groups is 3. The fourth-order valence-electron chi connectivity index (χ4n) is 4.29. The summed E-state index contributed by atoms with van der Waals surface area (Å²) in [5, 5.41) is 13.6. The van der Waals surface area contributed by atoms with Gasteiger partial charge in [-0.1, -0.05) is 30.3 Å². The van der Waals surface area contributed by atoms with Crippen LogP contribution in [0.15, 0.2) is 30.3 Å². The van der Waals surface area contributed by atoms with Crippen molar-refractivity contribution in [2.45, 2.75) is 6.61 Å². The molecule has 0 spiro atoms. The van der Waals surface area contributed by atoms with E-state index >= 15 is 0 Å². The minimum atomic E-state index is -1.13. The van der Waals surface area contributed by atoms with E-state index in [9.17, 15) is 14.4 Å². The fraction of sp³-hybridized carbons (Fsp3) is 0.775. The molecule has 0 saturated carbocycles. The Bertz CT molecular complexity index is 1110. The molecule has 0 saturated heterocycles. The Kier molecular flexibility index (Phi) is 42.5. The Balaban J connectivity index is 1.62. The Morgan fingerprint density at radius 1 is 0.377 bits per heavy atom. The van der Waals surface area contributed by atoms with E-state index in [0.717, 1.165) is 5.56 Å². The predicted molar refractivity (Wildman–Crippen MR) is 217 cm³/mol. The van der Waals surface area contributed by atoms with E-state index in [2.05, 4.69) is 15.4 Å². The molecule has 0 radical (unpaired) electrons. The summed E-state index contributed by atoms with van der Waals surface area (Å²) in [4.78, 5) is 33.4. The van der Waals surface area contributed by atoms with Crippen LogP contribution in [0.2, 0.25) is 0 Å². The molecule has 0 aliphatic heterocycles. The molecule has 2 amide bonds. The van der Waals surface area contributed by atoms with Gasteiger partial charge in [-0.15, -0.1) is 0 Å². The highest BCUT2D eigenvalue weighted by molar-refractivity contribution is 5.77. The second kappa shape index (κ2) is 46.4. The van der Waals surface area contributed by atoms with Gasteiger partial charge in [-0.2, -0.15) is 0 Å². The van der Waals surface area contributed by atoms with Crippen molar-refractivity contribution in [3.8, 4) is 0 Å². The number of aliphatic carboxylic acids is 1. The molecule has 0 unspecified atom stereocenters. The van der Waals surface area contributed by atoms with Gasteiger partial charge in [-0.3, -0.25) is 4.79 Å². The van der Waals surface area contributed by atoms with E-state index in [-0.39, 0.29) is 13.2 Å². The second-order valence-electron chi connectivity index (χ2n) is 12.2. The highest BCUT2D eigenvalue weighted by Gasteiger charge is 2.04. The van der Waals surface area contributed by atoms with Crippen molar-refractivity contribution < 1.29 is 90.5 Å². The molecule has 0 heterocycles. The van der Waals surface area contributed by atoms with E-state index in [4.69, 9.17) is 71.4 Å². The van der Waals surface area contributed by atoms with Crippen molar-refractivity contribution >= 4 is 18.0 Å². The largest absolute Gasteiger partial charge is 0.480 e. The lowest BCUT2D eigenvalue weighted by Gasteiger charge is -2.09. The van der Waals surface area contributed by atoms with Gasteiger partial charge < -0.3 is 86.8 Å². The Morgan fingerprint density at radius 2 is 0.672 bits per heavy atom. The predicted octanol–water partition coefficient (Wildman–Crippen LogP) is 0.346. The zero-order chi connectivity index (χ0) is 43.8. The molecule has 61 heavy (non-hydrogen) atoms. The van der Waals surface area contributed by atoms with Gasteiger partial charge in [0.25, 0.3) is 0 Å². The maximum Gasteiger partial charge on any atom is 0.407 e. The third kappa shape index (κ3) is 44.7. The monoisotopic (exact) mass is 882 g/mol. The first-order chi connectivity index (χ1) is 30.1. The lowest BCUT2D eigenvalue weighted by atomic mass is 10.2. The Morgan fingerprint density at radius 3 is 0.984 bits per heavy atom. The molecule has 354 valence electrons. The van der Waals surface area contributed by atoms with E-state index in [0.29, 0.717) is 185 Å². The lowest BCUT2D eigenvalue weighted by Crippen LogP contribution is -2.31. The number of alkyl carbamates (subject to hydrolysis) is 1. The molecule has 21 heteroatoms. The van der Waals surface area contributed by atoms with E-state index < -0.39 is 24.6 Å². The number of hydrogen-bond acceptors (Lipinski definition) is 18. The highest BCUT2D eigenvalue weighted by Crippen LogP contribution is 2.00. The van der Waals surface area contributed by atoms with Crippen LogP contribution < -0.4 is 10.6 Å². The van der Waals surface area contributed by atoms with Gasteiger partial charge >= 0.3 is 12.1 Å². The van der Waals surface area contributed by atoms with E-state index in [1.165, 1.54) is 0 Å². The number of carbonyl (C=O) groups excluding carboxylic acids is 2. The summed E-state index contributed by atoms with van der Waals surface area (Å²) in [6, 6.07) is 9.48. The number of rotatable bonds is 48. The molecule has 1 rings (SSSR count). The molecule has 0 bridgehead atoms. The summed E-state index contributed by atoms with van der Waals surface area (Å²) in [6.07, 6.45) is -0.477. The SMILES string of the molecule is O=C(O)COCC(=O)NCCOCCOCCOCCOCCOCCOCCOCCOCCOCCOCCOCCOCCOCCNC(=O)OCc1ccccc1. The second-order valence-corrected chi connectivity index (χ2v) is 12.2. The summed E-state index contributed by atoms with van der Waals surface area (Å²) < 4.78 is 80.7. The first-order valence-electron chi connectivity index (χ1n) is 20.6. The molecule has 0 fully saturated rings. The van der Waals surface area contributed by atoms with Crippen LogP contribution in [-0.2, 0) is 87.2 Å². The average molecular weight is 883 g/mol. The van der Waals surface area contributed by atoms with Gasteiger partial charge in [-0.05, 0) is 5.56 Å². The summed E-state index contributed by atoms with van der Waals surface area (Å²) in [7, 11) is 0. The van der Waals surface area contributed by atoms with E-state index in [1.54, 1.807) is 0 Å². The van der Waals surface area contributed by atoms with Gasteiger partial charge in [0, 0.05) is 13.1 Å². The molecule has 21 nitrogen and oxygen atoms in total. The molecule has 0 atom stereocenters. The first kappa shape index (κ1) is 55.9. The van der Waals surface area contributed by atoms with Crippen molar-refractivity contribution in [2.75, 3.05) is 198 Å². The number of ether oxygens (including phenoxy) is 15. The maximum absolute atomic E-state index is 11.7. The van der Waals surface area contributed by atoms with Gasteiger partial charge in [0.1, 0.15) is 19.8 Å². The highest BCUT2D eigenvalue weighted by atomic mass is 16.6. The van der Waals surface area contributed by atoms with Crippen molar-refractivity contribution in [2.24, 2.45) is 0 Å². The average Bonchev–Trinajstić information content (AvgIpc) is 3.26. The molecule has 0 aliphatic carbocycles. The zero-order valence-corrected chi connectivity index (χ0v) is 35.6. The zero-order valence-electron chi connectivity index (χ0n) is 35.6. The van der Waals surface area contributed by atoms with Crippen molar-refractivity contribution in [1.29, 1.82) is 0 Å². The molecule has 0 aromatic heterocycles. The molecule has 3 N–H and O–H groups in total. The third-order valence-corrected chi connectivity index (χ3v) is 7.22. The van der Waals surface area contributed by atoms with Gasteiger partial charge in [0.05, 0.1) is 172 Å². The standard InChI is InChI=1S/C40H70N2O19/c43-38(35-60-36-39(44)45)41-6-8-47-10-12-49-14-16-51-18-20-53-22-24-55-26-28-57-30-32-59-33-31-58-29-27-56-25-23-54-21-19-52-17-15-50-13-11-48-9-7-42-40(46)61-34-37-4-2-1-3-5-37/h1-5H,6-36H2,(H,41,43)(H,42,46)(H,44,45). The molecule has 1 aromatic rings. The number of hydrogen-bond donors (Lipinski definition) is 3. The number of carboxylic acid groups (broad SMARTS) is 1. The molecular formula is C40H70N2O19. The quantitative estimate of drug-likeness (QED) is 0.0749. The summed E-state index contributed by atoms with van der Waals surface area (Å²) in [6.45, 7) is 11.6. The first-order valence-corrected chi connectivity index (χ1v) is 20.6. The summed E-state index contributed by atoms with van der Waals surface area (Å²) >= 11 is 0. The topological polar surface area (TPSA) is 234 Å². The lowest BCUT2D eigenvalue weighted by molar-refractivity contribution is -0.143. The normalized spacial score (nSPS) is 11.2. The van der Waals surface area contributed by atoms with Crippen molar-refractivity contribution in [3.05, 3.63) is 35.9 Å². The van der Waals surface area contributed by atoms with Crippen LogP contribution in [0.3, 0.4) is 0 Å². The van der Waals surface area contributed by atoms with Crippen LogP contribution in [0.4, 0.5) is 4.79 Å². The summed E-state index contributed by atoms with van der Waals surface area (Å²) in [5.74, 6) is -1.53. The van der Waals surface area contributed by atoms with Crippen LogP contribution in [-0.4, -0.2) is 221 Å². The minimum Gasteiger partial charge on any atom is -0.480 e. The number of amides is 2. The number of benzene rings is 1. The fourth-order valence-corrected chi connectivity index (χ4v) is 4.29. The van der Waals surface area contributed by atoms with Gasteiger partial charge in [-0.25, -0.2) is 9.59 Å². The third-order valence-electron chi connectivity index (χ3n) is 7.22. The van der Waals surface area contributed by atoms with Crippen LogP contribution in [0.1, 0.15) is 5.56 Å². The summed E-state index contributed by atoms with van der Waals surface area (Å²) in [5.41, 5.74) is 0.930. The van der Waals surface area contributed by atoms with Gasteiger partial charge in [0.15, 0.2) is 0 Å². The van der Waals surface area contributed by atoms with Crippen LogP contribution in [0, 0.1) is 0 Å². The number of nitrogens with one attached hydrogen (secondary N) is 2. The van der Waals surface area contributed by atoms with Crippen molar-refractivity contribution in [3.63, 3.8) is 0 Å². The van der Waals surface area contributed by atoms with Crippen LogP contribution in [0.5, 0.6) is 0 Å². The smallest absolute Gasteiger partial charge is 0.407 e. The van der Waals surface area contributed by atoms with Crippen LogP contribution in [0.25, 0.3) is 0 Å². The Labute approximate surface area is 359 Å².